The van der Waals surface area contributed by atoms with Gasteiger partial charge in [-0.3, -0.25) is 4.90 Å². The number of rotatable bonds is 1. The van der Waals surface area contributed by atoms with Gasteiger partial charge in [-0.1, -0.05) is 30.8 Å². The Bertz CT molecular complexity index is 210. The van der Waals surface area contributed by atoms with Crippen LogP contribution in [0.1, 0.15) is 51.4 Å². The first-order valence-electron chi connectivity index (χ1n) is 6.34. The van der Waals surface area contributed by atoms with E-state index in [1.54, 1.807) is 0 Å². The molecule has 86 valence electrons. The molecule has 2 aliphatic rings. The van der Waals surface area contributed by atoms with Crippen LogP contribution in [0.5, 0.6) is 0 Å². The third kappa shape index (κ3) is 2.94. The number of hydrogen-bond acceptors (Lipinski definition) is 3. The van der Waals surface area contributed by atoms with E-state index in [2.05, 4.69) is 10.1 Å². The molecule has 2 rings (SSSR count). The minimum absolute atomic E-state index is 0.813. The zero-order valence-electron chi connectivity index (χ0n) is 9.49. The lowest BCUT2D eigenvalue weighted by molar-refractivity contribution is 0.176. The normalized spacial score (nSPS) is 26.3. The quantitative estimate of drug-likeness (QED) is 0.410. The first-order valence-corrected chi connectivity index (χ1v) is 6.34. The summed E-state index contributed by atoms with van der Waals surface area (Å²) >= 11 is 0. The molecule has 0 bridgehead atoms. The molecule has 1 saturated heterocycles. The summed E-state index contributed by atoms with van der Waals surface area (Å²) in [6.45, 7) is 2.20. The van der Waals surface area contributed by atoms with Crippen LogP contribution in [-0.4, -0.2) is 35.0 Å². The van der Waals surface area contributed by atoms with Gasteiger partial charge in [0.2, 0.25) is 0 Å². The van der Waals surface area contributed by atoms with Crippen molar-refractivity contribution in [1.82, 2.24) is 4.90 Å². The minimum Gasteiger partial charge on any atom is -0.411 e. The van der Waals surface area contributed by atoms with Crippen LogP contribution < -0.4 is 0 Å². The van der Waals surface area contributed by atoms with Crippen molar-refractivity contribution in [3.63, 3.8) is 0 Å². The van der Waals surface area contributed by atoms with Crippen LogP contribution in [-0.2, 0) is 0 Å². The summed E-state index contributed by atoms with van der Waals surface area (Å²) in [5, 5.41) is 12.0. The maximum Gasteiger partial charge on any atom is 0.0596 e. The van der Waals surface area contributed by atoms with Crippen LogP contribution >= 0.6 is 0 Å². The molecule has 0 spiro atoms. The number of likely N-dealkylation sites (tertiary alicyclic amines) is 1. The Morgan fingerprint density at radius 1 is 1.00 bits per heavy atom. The van der Waals surface area contributed by atoms with E-state index in [9.17, 15) is 0 Å². The standard InChI is InChI=1S/C12H22N2O/c15-13-11-7-9-14(10-8-11)12-5-3-1-2-4-6-12/h12,15H,1-10H2. The van der Waals surface area contributed by atoms with Gasteiger partial charge >= 0.3 is 0 Å². The van der Waals surface area contributed by atoms with Crippen molar-refractivity contribution >= 4 is 5.71 Å². The van der Waals surface area contributed by atoms with Crippen LogP contribution in [0.2, 0.25) is 0 Å². The van der Waals surface area contributed by atoms with Crippen LogP contribution in [0.15, 0.2) is 5.16 Å². The molecule has 0 amide bonds. The first kappa shape index (κ1) is 10.9. The van der Waals surface area contributed by atoms with E-state index in [1.165, 1.54) is 38.5 Å². The van der Waals surface area contributed by atoms with Crippen molar-refractivity contribution in [1.29, 1.82) is 0 Å². The summed E-state index contributed by atoms with van der Waals surface area (Å²) in [4.78, 5) is 2.61. The predicted molar refractivity (Wildman–Crippen MR) is 61.5 cm³/mol. The fourth-order valence-corrected chi connectivity index (χ4v) is 2.87. The van der Waals surface area contributed by atoms with E-state index in [0.717, 1.165) is 37.7 Å². The highest BCUT2D eigenvalue weighted by Crippen LogP contribution is 2.23. The SMILES string of the molecule is ON=C1CCN(C2CCCCCC2)CC1. The van der Waals surface area contributed by atoms with Gasteiger partial charge in [-0.2, -0.15) is 0 Å². The van der Waals surface area contributed by atoms with Gasteiger partial charge in [0, 0.05) is 32.0 Å². The molecular formula is C12H22N2O. The average molecular weight is 210 g/mol. The molecule has 0 unspecified atom stereocenters. The molecule has 2 fully saturated rings. The second kappa shape index (κ2) is 5.50. The van der Waals surface area contributed by atoms with Gasteiger partial charge in [0.1, 0.15) is 0 Å². The monoisotopic (exact) mass is 210 g/mol. The molecule has 0 radical (unpaired) electrons. The summed E-state index contributed by atoms with van der Waals surface area (Å²) in [5.74, 6) is 0. The van der Waals surface area contributed by atoms with E-state index in [4.69, 9.17) is 5.21 Å². The van der Waals surface area contributed by atoms with Crippen molar-refractivity contribution in [2.24, 2.45) is 5.16 Å². The van der Waals surface area contributed by atoms with Crippen LogP contribution in [0.4, 0.5) is 0 Å². The zero-order valence-corrected chi connectivity index (χ0v) is 9.49. The van der Waals surface area contributed by atoms with Crippen molar-refractivity contribution in [2.45, 2.75) is 57.4 Å². The Kier molecular flexibility index (Phi) is 4.01. The van der Waals surface area contributed by atoms with Gasteiger partial charge in [-0.25, -0.2) is 0 Å². The Morgan fingerprint density at radius 2 is 1.60 bits per heavy atom. The second-order valence-corrected chi connectivity index (χ2v) is 4.85. The molecule has 0 aromatic carbocycles. The Morgan fingerprint density at radius 3 is 2.13 bits per heavy atom. The molecule has 1 aliphatic heterocycles. The molecule has 0 aromatic heterocycles. The molecule has 0 atom stereocenters. The van der Waals surface area contributed by atoms with Gasteiger partial charge in [-0.05, 0) is 12.8 Å². The molecule has 1 aliphatic carbocycles. The minimum atomic E-state index is 0.813. The van der Waals surface area contributed by atoms with Crippen LogP contribution in [0.25, 0.3) is 0 Å². The number of nitrogens with zero attached hydrogens (tertiary/aromatic N) is 2. The van der Waals surface area contributed by atoms with Crippen LogP contribution in [0, 0.1) is 0 Å². The largest absolute Gasteiger partial charge is 0.411 e. The molecular weight excluding hydrogens is 188 g/mol. The molecule has 3 heteroatoms. The lowest BCUT2D eigenvalue weighted by Gasteiger charge is -2.34. The fourth-order valence-electron chi connectivity index (χ4n) is 2.87. The second-order valence-electron chi connectivity index (χ2n) is 4.85. The summed E-state index contributed by atoms with van der Waals surface area (Å²) in [6.07, 6.45) is 10.4. The highest BCUT2D eigenvalue weighted by Gasteiger charge is 2.23. The topological polar surface area (TPSA) is 35.8 Å². The summed E-state index contributed by atoms with van der Waals surface area (Å²) < 4.78 is 0. The molecule has 1 saturated carbocycles. The highest BCUT2D eigenvalue weighted by atomic mass is 16.4. The summed E-state index contributed by atoms with van der Waals surface area (Å²) in [6, 6.07) is 0.813. The van der Waals surface area contributed by atoms with E-state index in [0.29, 0.717) is 0 Å². The van der Waals surface area contributed by atoms with E-state index < -0.39 is 0 Å². The number of oxime groups is 1. The summed E-state index contributed by atoms with van der Waals surface area (Å²) in [5.41, 5.74) is 0.986. The maximum absolute atomic E-state index is 8.70. The van der Waals surface area contributed by atoms with Gasteiger partial charge in [0.25, 0.3) is 0 Å². The molecule has 15 heavy (non-hydrogen) atoms. The van der Waals surface area contributed by atoms with Gasteiger partial charge in [0.15, 0.2) is 0 Å². The van der Waals surface area contributed by atoms with Crippen LogP contribution in [0.3, 0.4) is 0 Å². The van der Waals surface area contributed by atoms with E-state index >= 15 is 0 Å². The number of hydrogen-bond donors (Lipinski definition) is 1. The smallest absolute Gasteiger partial charge is 0.0596 e. The Labute approximate surface area is 92.1 Å². The summed E-state index contributed by atoms with van der Waals surface area (Å²) in [7, 11) is 0. The predicted octanol–water partition coefficient (Wildman–Crippen LogP) is 2.64. The van der Waals surface area contributed by atoms with E-state index in [-0.39, 0.29) is 0 Å². The van der Waals surface area contributed by atoms with Crippen molar-refractivity contribution in [3.05, 3.63) is 0 Å². The first-order chi connectivity index (χ1) is 7.40. The highest BCUT2D eigenvalue weighted by molar-refractivity contribution is 5.84. The Balaban J connectivity index is 1.83. The lowest BCUT2D eigenvalue weighted by Crippen LogP contribution is -2.41. The Hall–Kier alpha value is -0.570. The molecule has 1 N–H and O–H groups in total. The third-order valence-electron chi connectivity index (χ3n) is 3.86. The maximum atomic E-state index is 8.70. The molecule has 0 aromatic rings. The molecule has 3 nitrogen and oxygen atoms in total. The van der Waals surface area contributed by atoms with E-state index in [1.807, 2.05) is 0 Å². The van der Waals surface area contributed by atoms with Crippen molar-refractivity contribution in [3.8, 4) is 0 Å². The third-order valence-corrected chi connectivity index (χ3v) is 3.86. The molecule has 1 heterocycles. The fraction of sp³-hybridized carbons (Fsp3) is 0.917. The lowest BCUT2D eigenvalue weighted by atomic mass is 10.0. The zero-order chi connectivity index (χ0) is 10.5. The van der Waals surface area contributed by atoms with Gasteiger partial charge < -0.3 is 5.21 Å². The van der Waals surface area contributed by atoms with Crippen molar-refractivity contribution in [2.75, 3.05) is 13.1 Å². The van der Waals surface area contributed by atoms with Crippen molar-refractivity contribution < 1.29 is 5.21 Å². The van der Waals surface area contributed by atoms with Gasteiger partial charge in [-0.15, -0.1) is 0 Å². The van der Waals surface area contributed by atoms with Gasteiger partial charge in [0.05, 0.1) is 5.71 Å². The average Bonchev–Trinajstić information content (AvgIpc) is 2.58. The number of piperidine rings is 1.